The number of hydrogen-bond acceptors (Lipinski definition) is 4. The Morgan fingerprint density at radius 1 is 1.09 bits per heavy atom. The lowest BCUT2D eigenvalue weighted by Gasteiger charge is -2.26. The molecule has 122 valence electrons. The first kappa shape index (κ1) is 16.8. The van der Waals surface area contributed by atoms with E-state index in [9.17, 15) is 4.79 Å². The molecule has 1 amide bonds. The highest BCUT2D eigenvalue weighted by Gasteiger charge is 2.17. The van der Waals surface area contributed by atoms with E-state index in [0.29, 0.717) is 26.3 Å². The number of carbonyl (C=O) groups excluding carboxylic acids is 1. The fourth-order valence-electron chi connectivity index (χ4n) is 2.12. The van der Waals surface area contributed by atoms with Gasteiger partial charge in [0.15, 0.2) is 0 Å². The Kier molecular flexibility index (Phi) is 5.80. The molecule has 22 heavy (non-hydrogen) atoms. The Labute approximate surface area is 132 Å². The first-order chi connectivity index (χ1) is 10.4. The molecule has 0 bridgehead atoms. The predicted octanol–water partition coefficient (Wildman–Crippen LogP) is 2.54. The molecule has 1 aromatic carbocycles. The number of nitrogens with zero attached hydrogens (tertiary/aromatic N) is 1. The van der Waals surface area contributed by atoms with Crippen LogP contribution in [-0.2, 0) is 22.7 Å². The van der Waals surface area contributed by atoms with E-state index in [1.54, 1.807) is 4.90 Å². The number of carbonyl (C=O) groups is 1. The molecule has 5 heteroatoms. The van der Waals surface area contributed by atoms with Gasteiger partial charge in [-0.2, -0.15) is 0 Å². The number of ether oxygens (including phenoxy) is 2. The highest BCUT2D eigenvalue weighted by atomic mass is 16.6. The Morgan fingerprint density at radius 3 is 2.18 bits per heavy atom. The van der Waals surface area contributed by atoms with Gasteiger partial charge in [-0.1, -0.05) is 24.3 Å². The van der Waals surface area contributed by atoms with Gasteiger partial charge in [0.1, 0.15) is 6.61 Å². The molecule has 0 spiro atoms. The molecule has 0 radical (unpaired) electrons. The lowest BCUT2D eigenvalue weighted by molar-refractivity contribution is -0.0149. The van der Waals surface area contributed by atoms with E-state index in [2.05, 4.69) is 5.32 Å². The van der Waals surface area contributed by atoms with Crippen LogP contribution < -0.4 is 5.32 Å². The molecular weight excluding hydrogens is 280 g/mol. The molecule has 1 saturated heterocycles. The number of amides is 1. The van der Waals surface area contributed by atoms with Gasteiger partial charge < -0.3 is 19.7 Å². The average molecular weight is 306 g/mol. The van der Waals surface area contributed by atoms with Crippen LogP contribution in [-0.4, -0.2) is 42.8 Å². The van der Waals surface area contributed by atoms with Gasteiger partial charge in [0, 0.05) is 26.2 Å². The molecule has 1 heterocycles. The van der Waals surface area contributed by atoms with Crippen molar-refractivity contribution < 1.29 is 14.3 Å². The SMILES string of the molecule is CC(C)(C)OCc1ccc(COC(=O)N2CCNCC2)cc1. The van der Waals surface area contributed by atoms with E-state index in [-0.39, 0.29) is 11.7 Å². The second-order valence-electron chi connectivity index (χ2n) is 6.51. The van der Waals surface area contributed by atoms with E-state index in [1.165, 1.54) is 0 Å². The second kappa shape index (κ2) is 7.61. The van der Waals surface area contributed by atoms with Gasteiger partial charge in [-0.05, 0) is 31.9 Å². The van der Waals surface area contributed by atoms with Gasteiger partial charge in [0.05, 0.1) is 12.2 Å². The third-order valence-electron chi connectivity index (χ3n) is 3.43. The number of rotatable bonds is 4. The number of hydrogen-bond donors (Lipinski definition) is 1. The zero-order valence-corrected chi connectivity index (χ0v) is 13.7. The van der Waals surface area contributed by atoms with Crippen molar-refractivity contribution in [3.63, 3.8) is 0 Å². The zero-order chi connectivity index (χ0) is 16.0. The van der Waals surface area contributed by atoms with Crippen LogP contribution in [0.25, 0.3) is 0 Å². The van der Waals surface area contributed by atoms with Crippen molar-refractivity contribution in [2.45, 2.75) is 39.6 Å². The minimum Gasteiger partial charge on any atom is -0.445 e. The molecule has 1 aliphatic rings. The largest absolute Gasteiger partial charge is 0.445 e. The smallest absolute Gasteiger partial charge is 0.410 e. The molecule has 0 aromatic heterocycles. The molecule has 1 aromatic rings. The highest BCUT2D eigenvalue weighted by Crippen LogP contribution is 2.13. The topological polar surface area (TPSA) is 50.8 Å². The van der Waals surface area contributed by atoms with Crippen molar-refractivity contribution in [2.75, 3.05) is 26.2 Å². The predicted molar refractivity (Wildman–Crippen MR) is 85.6 cm³/mol. The lowest BCUT2D eigenvalue weighted by Crippen LogP contribution is -2.46. The minimum absolute atomic E-state index is 0.141. The van der Waals surface area contributed by atoms with Gasteiger partial charge in [0.2, 0.25) is 0 Å². The summed E-state index contributed by atoms with van der Waals surface area (Å²) in [6.07, 6.45) is -0.235. The van der Waals surface area contributed by atoms with Crippen molar-refractivity contribution in [3.05, 3.63) is 35.4 Å². The normalized spacial score (nSPS) is 15.7. The Hall–Kier alpha value is -1.59. The maximum Gasteiger partial charge on any atom is 0.410 e. The van der Waals surface area contributed by atoms with Crippen LogP contribution in [0, 0.1) is 0 Å². The van der Waals surface area contributed by atoms with Crippen LogP contribution in [0.4, 0.5) is 4.79 Å². The summed E-state index contributed by atoms with van der Waals surface area (Å²) in [4.78, 5) is 13.6. The Balaban J connectivity index is 1.77. The van der Waals surface area contributed by atoms with Gasteiger partial charge in [-0.25, -0.2) is 4.79 Å². The van der Waals surface area contributed by atoms with Crippen LogP contribution in [0.2, 0.25) is 0 Å². The van der Waals surface area contributed by atoms with Crippen molar-refractivity contribution >= 4 is 6.09 Å². The number of nitrogens with one attached hydrogen (secondary N) is 1. The number of benzene rings is 1. The zero-order valence-electron chi connectivity index (χ0n) is 13.7. The summed E-state index contributed by atoms with van der Waals surface area (Å²) < 4.78 is 11.1. The van der Waals surface area contributed by atoms with Crippen molar-refractivity contribution in [3.8, 4) is 0 Å². The fourth-order valence-corrected chi connectivity index (χ4v) is 2.12. The van der Waals surface area contributed by atoms with Crippen LogP contribution in [0.15, 0.2) is 24.3 Å². The van der Waals surface area contributed by atoms with E-state index in [4.69, 9.17) is 9.47 Å². The van der Waals surface area contributed by atoms with E-state index in [1.807, 2.05) is 45.0 Å². The minimum atomic E-state index is -0.235. The molecule has 5 nitrogen and oxygen atoms in total. The summed E-state index contributed by atoms with van der Waals surface area (Å²) in [5.74, 6) is 0. The maximum absolute atomic E-state index is 11.9. The average Bonchev–Trinajstić information content (AvgIpc) is 2.52. The van der Waals surface area contributed by atoms with Crippen LogP contribution in [0.3, 0.4) is 0 Å². The number of piperazine rings is 1. The molecule has 0 saturated carbocycles. The molecule has 2 rings (SSSR count). The van der Waals surface area contributed by atoms with E-state index in [0.717, 1.165) is 24.2 Å². The summed E-state index contributed by atoms with van der Waals surface area (Å²) in [6.45, 7) is 10.1. The van der Waals surface area contributed by atoms with Gasteiger partial charge in [-0.3, -0.25) is 0 Å². The highest BCUT2D eigenvalue weighted by molar-refractivity contribution is 5.67. The third-order valence-corrected chi connectivity index (χ3v) is 3.43. The van der Waals surface area contributed by atoms with Gasteiger partial charge >= 0.3 is 6.09 Å². The summed E-state index contributed by atoms with van der Waals surface area (Å²) in [6, 6.07) is 7.98. The first-order valence-corrected chi connectivity index (χ1v) is 7.78. The van der Waals surface area contributed by atoms with Gasteiger partial charge in [0.25, 0.3) is 0 Å². The molecule has 0 atom stereocenters. The molecule has 1 aliphatic heterocycles. The molecular formula is C17H26N2O3. The summed E-state index contributed by atoms with van der Waals surface area (Å²) in [7, 11) is 0. The summed E-state index contributed by atoms with van der Waals surface area (Å²) >= 11 is 0. The molecule has 0 aliphatic carbocycles. The molecule has 1 N–H and O–H groups in total. The van der Waals surface area contributed by atoms with Crippen molar-refractivity contribution in [2.24, 2.45) is 0 Å². The van der Waals surface area contributed by atoms with E-state index >= 15 is 0 Å². The molecule has 0 unspecified atom stereocenters. The second-order valence-corrected chi connectivity index (χ2v) is 6.51. The maximum atomic E-state index is 11.9. The molecule has 1 fully saturated rings. The first-order valence-electron chi connectivity index (χ1n) is 7.78. The van der Waals surface area contributed by atoms with Crippen LogP contribution >= 0.6 is 0 Å². The Bertz CT molecular complexity index is 474. The van der Waals surface area contributed by atoms with E-state index < -0.39 is 0 Å². The summed E-state index contributed by atoms with van der Waals surface area (Å²) in [5.41, 5.74) is 1.97. The Morgan fingerprint density at radius 2 is 1.64 bits per heavy atom. The third kappa shape index (κ3) is 5.66. The summed E-state index contributed by atoms with van der Waals surface area (Å²) in [5, 5.41) is 3.21. The fraction of sp³-hybridized carbons (Fsp3) is 0.588. The van der Waals surface area contributed by atoms with Crippen LogP contribution in [0.1, 0.15) is 31.9 Å². The standard InChI is InChI=1S/C17H26N2O3/c1-17(2,3)22-13-15-6-4-14(5-7-15)12-21-16(20)19-10-8-18-9-11-19/h4-7,18H,8-13H2,1-3H3. The van der Waals surface area contributed by atoms with Crippen molar-refractivity contribution in [1.29, 1.82) is 0 Å². The van der Waals surface area contributed by atoms with Crippen molar-refractivity contribution in [1.82, 2.24) is 10.2 Å². The quantitative estimate of drug-likeness (QED) is 0.929. The monoisotopic (exact) mass is 306 g/mol. The van der Waals surface area contributed by atoms with Gasteiger partial charge in [-0.15, -0.1) is 0 Å². The lowest BCUT2D eigenvalue weighted by atomic mass is 10.1. The van der Waals surface area contributed by atoms with Crippen LogP contribution in [0.5, 0.6) is 0 Å².